The van der Waals surface area contributed by atoms with Gasteiger partial charge in [-0.05, 0) is 51.0 Å². The normalized spacial score (nSPS) is 37.9. The van der Waals surface area contributed by atoms with E-state index in [1.807, 2.05) is 0 Å². The molecule has 2 fully saturated rings. The van der Waals surface area contributed by atoms with E-state index in [4.69, 9.17) is 10.5 Å². The van der Waals surface area contributed by atoms with E-state index in [0.29, 0.717) is 18.0 Å². The van der Waals surface area contributed by atoms with E-state index >= 15 is 0 Å². The van der Waals surface area contributed by atoms with Crippen LogP contribution in [0.1, 0.15) is 39.5 Å². The minimum atomic E-state index is 0.540. The third kappa shape index (κ3) is 3.21. The van der Waals surface area contributed by atoms with E-state index in [9.17, 15) is 0 Å². The summed E-state index contributed by atoms with van der Waals surface area (Å²) in [6, 6.07) is 1.23. The number of nitrogens with two attached hydrogens (primary N) is 1. The first-order valence-electron chi connectivity index (χ1n) is 7.26. The molecule has 2 heterocycles. The van der Waals surface area contributed by atoms with Crippen molar-refractivity contribution in [3.05, 3.63) is 0 Å². The molecule has 0 saturated carbocycles. The van der Waals surface area contributed by atoms with E-state index in [0.717, 1.165) is 25.7 Å². The van der Waals surface area contributed by atoms with Crippen LogP contribution in [0.15, 0.2) is 0 Å². The first-order valence-corrected chi connectivity index (χ1v) is 7.26. The molecule has 2 saturated heterocycles. The third-order valence-corrected chi connectivity index (χ3v) is 4.60. The van der Waals surface area contributed by atoms with Crippen molar-refractivity contribution in [2.24, 2.45) is 17.6 Å². The Hall–Kier alpha value is -0.120. The number of nitrogens with zero attached hydrogens (tertiary/aromatic N) is 1. The lowest BCUT2D eigenvalue weighted by Crippen LogP contribution is -2.54. The predicted molar refractivity (Wildman–Crippen MR) is 71.0 cm³/mol. The molecular weight excluding hydrogens is 212 g/mol. The second kappa shape index (κ2) is 6.17. The van der Waals surface area contributed by atoms with Gasteiger partial charge in [-0.25, -0.2) is 0 Å². The van der Waals surface area contributed by atoms with Gasteiger partial charge in [-0.3, -0.25) is 4.90 Å². The van der Waals surface area contributed by atoms with E-state index in [-0.39, 0.29) is 0 Å². The standard InChI is InChI=1S/C14H28N2O/c1-11-5-6-16(12(2)8-11)14(9-15)13-4-3-7-17-10-13/h11-14H,3-10,15H2,1-2H3. The van der Waals surface area contributed by atoms with E-state index in [1.54, 1.807) is 0 Å². The Labute approximate surface area is 106 Å². The van der Waals surface area contributed by atoms with Crippen LogP contribution in [0.2, 0.25) is 0 Å². The van der Waals surface area contributed by atoms with Gasteiger partial charge in [0.25, 0.3) is 0 Å². The monoisotopic (exact) mass is 240 g/mol. The maximum Gasteiger partial charge on any atom is 0.0509 e. The Morgan fingerprint density at radius 1 is 1.35 bits per heavy atom. The van der Waals surface area contributed by atoms with Crippen molar-refractivity contribution in [2.75, 3.05) is 26.3 Å². The van der Waals surface area contributed by atoms with Gasteiger partial charge in [-0.2, -0.15) is 0 Å². The highest BCUT2D eigenvalue weighted by molar-refractivity contribution is 4.88. The fourth-order valence-electron chi connectivity index (χ4n) is 3.59. The molecule has 3 heteroatoms. The molecule has 0 bridgehead atoms. The number of ether oxygens (including phenoxy) is 1. The molecule has 2 aliphatic rings. The van der Waals surface area contributed by atoms with Gasteiger partial charge in [-0.15, -0.1) is 0 Å². The summed E-state index contributed by atoms with van der Waals surface area (Å²) in [6.45, 7) is 8.60. The number of hydrogen-bond acceptors (Lipinski definition) is 3. The minimum Gasteiger partial charge on any atom is -0.381 e. The first-order chi connectivity index (χ1) is 8.22. The largest absolute Gasteiger partial charge is 0.381 e. The van der Waals surface area contributed by atoms with Crippen molar-refractivity contribution in [2.45, 2.75) is 51.6 Å². The van der Waals surface area contributed by atoms with E-state index in [1.165, 1.54) is 32.2 Å². The topological polar surface area (TPSA) is 38.5 Å². The van der Waals surface area contributed by atoms with Crippen LogP contribution >= 0.6 is 0 Å². The van der Waals surface area contributed by atoms with Gasteiger partial charge in [0.1, 0.15) is 0 Å². The van der Waals surface area contributed by atoms with Crippen LogP contribution in [0.5, 0.6) is 0 Å². The smallest absolute Gasteiger partial charge is 0.0509 e. The highest BCUT2D eigenvalue weighted by Crippen LogP contribution is 2.29. The molecule has 0 aliphatic carbocycles. The van der Waals surface area contributed by atoms with Gasteiger partial charge in [0.2, 0.25) is 0 Å². The zero-order valence-electron chi connectivity index (χ0n) is 11.4. The zero-order chi connectivity index (χ0) is 12.3. The SMILES string of the molecule is CC1CCN(C(CN)C2CCCOC2)C(C)C1. The Morgan fingerprint density at radius 2 is 2.18 bits per heavy atom. The average Bonchev–Trinajstić information content (AvgIpc) is 2.34. The van der Waals surface area contributed by atoms with Crippen molar-refractivity contribution in [3.8, 4) is 0 Å². The number of hydrogen-bond donors (Lipinski definition) is 1. The van der Waals surface area contributed by atoms with Crippen LogP contribution in [0, 0.1) is 11.8 Å². The van der Waals surface area contributed by atoms with Gasteiger partial charge < -0.3 is 10.5 Å². The van der Waals surface area contributed by atoms with Crippen molar-refractivity contribution >= 4 is 0 Å². The lowest BCUT2D eigenvalue weighted by Gasteiger charge is -2.45. The van der Waals surface area contributed by atoms with Crippen molar-refractivity contribution in [3.63, 3.8) is 0 Å². The molecule has 2 rings (SSSR count). The van der Waals surface area contributed by atoms with Crippen LogP contribution in [0.4, 0.5) is 0 Å². The second-order valence-electron chi connectivity index (χ2n) is 6.00. The van der Waals surface area contributed by atoms with Gasteiger partial charge in [0.15, 0.2) is 0 Å². The van der Waals surface area contributed by atoms with Gasteiger partial charge in [0.05, 0.1) is 6.61 Å². The van der Waals surface area contributed by atoms with Crippen LogP contribution < -0.4 is 5.73 Å². The third-order valence-electron chi connectivity index (χ3n) is 4.60. The molecule has 17 heavy (non-hydrogen) atoms. The lowest BCUT2D eigenvalue weighted by molar-refractivity contribution is -0.0127. The van der Waals surface area contributed by atoms with Crippen LogP contribution in [-0.2, 0) is 4.74 Å². The van der Waals surface area contributed by atoms with Crippen LogP contribution in [-0.4, -0.2) is 43.3 Å². The zero-order valence-corrected chi connectivity index (χ0v) is 11.4. The highest BCUT2D eigenvalue weighted by Gasteiger charge is 2.33. The fraction of sp³-hybridized carbons (Fsp3) is 1.00. The summed E-state index contributed by atoms with van der Waals surface area (Å²) in [7, 11) is 0. The molecule has 4 unspecified atom stereocenters. The Balaban J connectivity index is 1.96. The van der Waals surface area contributed by atoms with Crippen LogP contribution in [0.3, 0.4) is 0 Å². The molecule has 0 radical (unpaired) electrons. The molecule has 4 atom stereocenters. The summed E-state index contributed by atoms with van der Waals surface area (Å²) in [5.41, 5.74) is 6.03. The molecule has 0 aromatic carbocycles. The fourth-order valence-corrected chi connectivity index (χ4v) is 3.59. The molecule has 2 aliphatic heterocycles. The molecule has 2 N–H and O–H groups in total. The van der Waals surface area contributed by atoms with Crippen molar-refractivity contribution in [1.29, 1.82) is 0 Å². The Bertz CT molecular complexity index is 228. The molecule has 0 amide bonds. The summed E-state index contributed by atoms with van der Waals surface area (Å²) in [4.78, 5) is 2.65. The first kappa shape index (κ1) is 13.3. The van der Waals surface area contributed by atoms with E-state index in [2.05, 4.69) is 18.7 Å². The summed E-state index contributed by atoms with van der Waals surface area (Å²) in [5, 5.41) is 0. The predicted octanol–water partition coefficient (Wildman–Crippen LogP) is 1.86. The Morgan fingerprint density at radius 3 is 2.76 bits per heavy atom. The molecule has 100 valence electrons. The summed E-state index contributed by atoms with van der Waals surface area (Å²) in [6.07, 6.45) is 5.15. The van der Waals surface area contributed by atoms with Crippen molar-refractivity contribution in [1.82, 2.24) is 4.90 Å². The molecule has 0 aromatic heterocycles. The molecule has 0 aromatic rings. The number of likely N-dealkylation sites (tertiary alicyclic amines) is 1. The summed E-state index contributed by atoms with van der Waals surface area (Å²) >= 11 is 0. The maximum absolute atomic E-state index is 6.03. The summed E-state index contributed by atoms with van der Waals surface area (Å²) in [5.74, 6) is 1.53. The molecular formula is C14H28N2O. The quantitative estimate of drug-likeness (QED) is 0.818. The maximum atomic E-state index is 6.03. The Kier molecular flexibility index (Phi) is 4.83. The number of rotatable bonds is 3. The minimum absolute atomic E-state index is 0.540. The average molecular weight is 240 g/mol. The van der Waals surface area contributed by atoms with E-state index < -0.39 is 0 Å². The molecule has 3 nitrogen and oxygen atoms in total. The van der Waals surface area contributed by atoms with Gasteiger partial charge in [0, 0.05) is 25.2 Å². The highest BCUT2D eigenvalue weighted by atomic mass is 16.5. The number of piperidine rings is 1. The van der Waals surface area contributed by atoms with Gasteiger partial charge in [-0.1, -0.05) is 6.92 Å². The molecule has 0 spiro atoms. The lowest BCUT2D eigenvalue weighted by atomic mass is 9.87. The summed E-state index contributed by atoms with van der Waals surface area (Å²) < 4.78 is 5.63. The van der Waals surface area contributed by atoms with Crippen molar-refractivity contribution < 1.29 is 4.74 Å². The van der Waals surface area contributed by atoms with Crippen LogP contribution in [0.25, 0.3) is 0 Å². The second-order valence-corrected chi connectivity index (χ2v) is 6.00. The van der Waals surface area contributed by atoms with Gasteiger partial charge >= 0.3 is 0 Å².